The summed E-state index contributed by atoms with van der Waals surface area (Å²) in [6.07, 6.45) is 4.48. The van der Waals surface area contributed by atoms with Crippen LogP contribution in [0.1, 0.15) is 39.0 Å². The van der Waals surface area contributed by atoms with E-state index in [0.717, 1.165) is 37.0 Å². The standard InChI is InChI=1S/C18H23ClN2O4S3/c1-2-13-27(22,23)18-20-16(17(26-18)21-11-5-3-4-6-12-21)28(24,25)15-9-7-14(19)8-10-15/h7-10H,2-6,11-13H2,1H3. The Morgan fingerprint density at radius 1 is 1.04 bits per heavy atom. The van der Waals surface area contributed by atoms with Gasteiger partial charge in [0.25, 0.3) is 0 Å². The number of halogens is 1. The molecule has 0 bridgehead atoms. The number of benzene rings is 1. The van der Waals surface area contributed by atoms with Crippen LogP contribution in [-0.2, 0) is 19.7 Å². The fraction of sp³-hybridized carbons (Fsp3) is 0.500. The summed E-state index contributed by atoms with van der Waals surface area (Å²) in [6, 6.07) is 5.84. The molecule has 1 aromatic heterocycles. The number of thiazole rings is 1. The maximum atomic E-state index is 13.3. The Kier molecular flexibility index (Phi) is 6.69. The van der Waals surface area contributed by atoms with Gasteiger partial charge in [-0.3, -0.25) is 0 Å². The van der Waals surface area contributed by atoms with E-state index in [2.05, 4.69) is 4.98 Å². The fourth-order valence-electron chi connectivity index (χ4n) is 3.14. The van der Waals surface area contributed by atoms with Gasteiger partial charge in [-0.2, -0.15) is 0 Å². The predicted molar refractivity (Wildman–Crippen MR) is 112 cm³/mol. The Morgan fingerprint density at radius 2 is 1.64 bits per heavy atom. The zero-order valence-corrected chi connectivity index (χ0v) is 18.8. The molecule has 0 atom stereocenters. The number of hydrogen-bond donors (Lipinski definition) is 0. The summed E-state index contributed by atoms with van der Waals surface area (Å²) in [4.78, 5) is 6.17. The SMILES string of the molecule is CCCS(=O)(=O)c1nc(S(=O)(=O)c2ccc(Cl)cc2)c(N2CCCCCC2)s1. The number of aromatic nitrogens is 1. The van der Waals surface area contributed by atoms with Crippen molar-refractivity contribution in [1.29, 1.82) is 0 Å². The van der Waals surface area contributed by atoms with Gasteiger partial charge >= 0.3 is 0 Å². The fourth-order valence-corrected chi connectivity index (χ4v) is 7.81. The molecule has 2 aromatic rings. The smallest absolute Gasteiger partial charge is 0.226 e. The third kappa shape index (κ3) is 4.53. The summed E-state index contributed by atoms with van der Waals surface area (Å²) in [5, 5.41) is 0.680. The minimum absolute atomic E-state index is 0.0534. The third-order valence-electron chi connectivity index (χ3n) is 4.57. The van der Waals surface area contributed by atoms with Crippen LogP contribution in [0.5, 0.6) is 0 Å². The van der Waals surface area contributed by atoms with Crippen LogP contribution >= 0.6 is 22.9 Å². The molecule has 0 radical (unpaired) electrons. The molecule has 1 aliphatic heterocycles. The average molecular weight is 463 g/mol. The van der Waals surface area contributed by atoms with Gasteiger partial charge in [0.2, 0.25) is 24.0 Å². The Bertz CT molecular complexity index is 1020. The van der Waals surface area contributed by atoms with Crippen molar-refractivity contribution in [3.8, 4) is 0 Å². The van der Waals surface area contributed by atoms with Gasteiger partial charge in [0.1, 0.15) is 5.00 Å². The highest BCUT2D eigenvalue weighted by atomic mass is 35.5. The molecule has 3 rings (SSSR count). The largest absolute Gasteiger partial charge is 0.361 e. The minimum atomic E-state index is -3.97. The second-order valence-corrected chi connectivity index (χ2v) is 12.3. The highest BCUT2D eigenvalue weighted by Crippen LogP contribution is 2.38. The van der Waals surface area contributed by atoms with Crippen molar-refractivity contribution in [2.75, 3.05) is 23.7 Å². The van der Waals surface area contributed by atoms with Gasteiger partial charge in [-0.15, -0.1) is 0 Å². The van der Waals surface area contributed by atoms with E-state index in [1.54, 1.807) is 6.92 Å². The van der Waals surface area contributed by atoms with Crippen LogP contribution in [0.25, 0.3) is 0 Å². The third-order valence-corrected chi connectivity index (χ3v) is 10.1. The molecule has 0 unspecified atom stereocenters. The molecule has 2 heterocycles. The lowest BCUT2D eigenvalue weighted by Gasteiger charge is -2.21. The predicted octanol–water partition coefficient (Wildman–Crippen LogP) is 4.19. The molecule has 6 nitrogen and oxygen atoms in total. The summed E-state index contributed by atoms with van der Waals surface area (Å²) < 4.78 is 51.6. The van der Waals surface area contributed by atoms with E-state index in [9.17, 15) is 16.8 Å². The summed E-state index contributed by atoms with van der Waals surface area (Å²) in [5.41, 5.74) is 0. The average Bonchev–Trinajstić information content (AvgIpc) is 2.94. The Balaban J connectivity index is 2.14. The summed E-state index contributed by atoms with van der Waals surface area (Å²) >= 11 is 6.85. The van der Waals surface area contributed by atoms with Crippen molar-refractivity contribution >= 4 is 47.6 Å². The van der Waals surface area contributed by atoms with Crippen LogP contribution in [0.2, 0.25) is 5.02 Å². The lowest BCUT2D eigenvalue weighted by molar-refractivity contribution is 0.588. The first-order valence-corrected chi connectivity index (χ1v) is 13.6. The second kappa shape index (κ2) is 8.69. The van der Waals surface area contributed by atoms with E-state index < -0.39 is 19.7 Å². The van der Waals surface area contributed by atoms with Crippen molar-refractivity contribution in [2.45, 2.75) is 53.3 Å². The molecule has 0 amide bonds. The summed E-state index contributed by atoms with van der Waals surface area (Å²) in [7, 11) is -7.58. The second-order valence-electron chi connectivity index (χ2n) is 6.77. The molecule has 1 aromatic carbocycles. The quantitative estimate of drug-likeness (QED) is 0.639. The number of hydrogen-bond acceptors (Lipinski definition) is 7. The number of rotatable bonds is 6. The summed E-state index contributed by atoms with van der Waals surface area (Å²) in [5.74, 6) is -0.0552. The van der Waals surface area contributed by atoms with Gasteiger partial charge in [0.15, 0.2) is 5.03 Å². The number of nitrogens with zero attached hydrogens (tertiary/aromatic N) is 2. The molecular weight excluding hydrogens is 440 g/mol. The van der Waals surface area contributed by atoms with Crippen molar-refractivity contribution in [3.63, 3.8) is 0 Å². The van der Waals surface area contributed by atoms with Gasteiger partial charge in [0.05, 0.1) is 10.6 Å². The van der Waals surface area contributed by atoms with Crippen molar-refractivity contribution in [1.82, 2.24) is 4.98 Å². The van der Waals surface area contributed by atoms with E-state index in [0.29, 0.717) is 29.5 Å². The molecule has 0 aliphatic carbocycles. The van der Waals surface area contributed by atoms with Crippen LogP contribution in [0, 0.1) is 0 Å². The molecule has 0 N–H and O–H groups in total. The van der Waals surface area contributed by atoms with Crippen LogP contribution in [-0.4, -0.2) is 40.7 Å². The zero-order valence-electron chi connectivity index (χ0n) is 15.6. The van der Waals surface area contributed by atoms with Crippen LogP contribution in [0.3, 0.4) is 0 Å². The topological polar surface area (TPSA) is 84.4 Å². The van der Waals surface area contributed by atoms with Gasteiger partial charge < -0.3 is 4.90 Å². The van der Waals surface area contributed by atoms with Crippen LogP contribution in [0.15, 0.2) is 38.5 Å². The van der Waals surface area contributed by atoms with Crippen LogP contribution in [0.4, 0.5) is 5.00 Å². The van der Waals surface area contributed by atoms with Gasteiger partial charge in [-0.1, -0.05) is 42.7 Å². The van der Waals surface area contributed by atoms with E-state index in [4.69, 9.17) is 11.6 Å². The maximum absolute atomic E-state index is 13.3. The molecule has 1 aliphatic rings. The molecule has 10 heteroatoms. The monoisotopic (exact) mass is 462 g/mol. The first-order valence-electron chi connectivity index (χ1n) is 9.25. The molecule has 0 spiro atoms. The lowest BCUT2D eigenvalue weighted by atomic mass is 10.2. The Hall–Kier alpha value is -1.16. The highest BCUT2D eigenvalue weighted by molar-refractivity contribution is 7.94. The molecule has 1 saturated heterocycles. The molecule has 1 fully saturated rings. The summed E-state index contributed by atoms with van der Waals surface area (Å²) in [6.45, 7) is 3.16. The van der Waals surface area contributed by atoms with Gasteiger partial charge in [-0.05, 0) is 43.5 Å². The first-order chi connectivity index (χ1) is 13.3. The van der Waals surface area contributed by atoms with E-state index >= 15 is 0 Å². The molecule has 154 valence electrons. The molecule has 28 heavy (non-hydrogen) atoms. The first kappa shape index (κ1) is 21.5. The Labute approximate surface area is 175 Å². The Morgan fingerprint density at radius 3 is 2.21 bits per heavy atom. The van der Waals surface area contributed by atoms with Crippen molar-refractivity contribution in [2.24, 2.45) is 0 Å². The van der Waals surface area contributed by atoms with Gasteiger partial charge in [-0.25, -0.2) is 21.8 Å². The number of sulfone groups is 2. The van der Waals surface area contributed by atoms with E-state index in [1.807, 2.05) is 4.90 Å². The van der Waals surface area contributed by atoms with E-state index in [-0.39, 0.29) is 20.0 Å². The van der Waals surface area contributed by atoms with Gasteiger partial charge in [0, 0.05) is 18.1 Å². The molecular formula is C18H23ClN2O4S3. The highest BCUT2D eigenvalue weighted by Gasteiger charge is 2.32. The number of anilines is 1. The minimum Gasteiger partial charge on any atom is -0.361 e. The lowest BCUT2D eigenvalue weighted by Crippen LogP contribution is -2.24. The normalized spacial score (nSPS) is 16.1. The zero-order chi connectivity index (χ0) is 20.4. The maximum Gasteiger partial charge on any atom is 0.226 e. The van der Waals surface area contributed by atoms with Crippen molar-refractivity contribution < 1.29 is 16.8 Å². The van der Waals surface area contributed by atoms with E-state index in [1.165, 1.54) is 24.3 Å². The molecule has 0 saturated carbocycles. The van der Waals surface area contributed by atoms with Crippen LogP contribution < -0.4 is 4.90 Å². The van der Waals surface area contributed by atoms with Crippen molar-refractivity contribution in [3.05, 3.63) is 29.3 Å².